The molecule has 0 fully saturated rings. The Balaban J connectivity index is 0.00000288. The summed E-state index contributed by atoms with van der Waals surface area (Å²) < 4.78 is 0. The van der Waals surface area contributed by atoms with E-state index in [9.17, 15) is 4.79 Å². The van der Waals surface area contributed by atoms with Crippen molar-refractivity contribution in [3.05, 3.63) is 57.8 Å². The number of amides is 1. The van der Waals surface area contributed by atoms with Crippen LogP contribution in [0.5, 0.6) is 0 Å². The minimum absolute atomic E-state index is 0. The quantitative estimate of drug-likeness (QED) is 0.412. The molecule has 0 aliphatic rings. The predicted octanol–water partition coefficient (Wildman–Crippen LogP) is 2.93. The molecule has 0 bridgehead atoms. The maximum Gasteiger partial charge on any atom is 0.253 e. The zero-order valence-electron chi connectivity index (χ0n) is 14.1. The molecule has 0 unspecified atom stereocenters. The van der Waals surface area contributed by atoms with E-state index in [1.54, 1.807) is 37.4 Å². The third kappa shape index (κ3) is 6.12. The number of aliphatic imine (C=N–C) groups is 1. The highest BCUT2D eigenvalue weighted by atomic mass is 127. The Labute approximate surface area is 164 Å². The third-order valence-corrected chi connectivity index (χ3v) is 4.06. The number of nitrogens with zero attached hydrogens (tertiary/aromatic N) is 2. The maximum absolute atomic E-state index is 11.8. The normalized spacial score (nSPS) is 10.7. The molecule has 0 saturated heterocycles. The van der Waals surface area contributed by atoms with E-state index in [-0.39, 0.29) is 29.9 Å². The van der Waals surface area contributed by atoms with E-state index < -0.39 is 0 Å². The van der Waals surface area contributed by atoms with Gasteiger partial charge in [-0.1, -0.05) is 12.1 Å². The van der Waals surface area contributed by atoms with Crippen LogP contribution in [0.25, 0.3) is 0 Å². The second kappa shape index (κ2) is 10.3. The van der Waals surface area contributed by atoms with Crippen molar-refractivity contribution in [1.82, 2.24) is 15.5 Å². The molecule has 5 nitrogen and oxygen atoms in total. The van der Waals surface area contributed by atoms with E-state index in [1.165, 1.54) is 5.56 Å². The van der Waals surface area contributed by atoms with Gasteiger partial charge in [-0.05, 0) is 40.1 Å². The number of rotatable bonds is 5. The van der Waals surface area contributed by atoms with Gasteiger partial charge in [0.2, 0.25) is 0 Å². The SMILES string of the molecule is CN=C(NCc1ccc(C(=O)N(C)C)cc1)NCc1ccsc1.I. The van der Waals surface area contributed by atoms with Crippen molar-refractivity contribution in [2.75, 3.05) is 21.1 Å². The van der Waals surface area contributed by atoms with E-state index in [0.717, 1.165) is 18.1 Å². The molecular weight excluding hydrogens is 435 g/mol. The van der Waals surface area contributed by atoms with Gasteiger partial charge in [0, 0.05) is 39.8 Å². The second-order valence-electron chi connectivity index (χ2n) is 5.31. The molecule has 24 heavy (non-hydrogen) atoms. The minimum Gasteiger partial charge on any atom is -0.352 e. The summed E-state index contributed by atoms with van der Waals surface area (Å²) in [5.41, 5.74) is 3.03. The number of thiophene rings is 1. The first-order valence-corrected chi connectivity index (χ1v) is 8.30. The molecule has 1 aromatic heterocycles. The van der Waals surface area contributed by atoms with Crippen LogP contribution >= 0.6 is 35.3 Å². The fourth-order valence-corrected chi connectivity index (χ4v) is 2.68. The minimum atomic E-state index is 0. The average molecular weight is 458 g/mol. The van der Waals surface area contributed by atoms with Gasteiger partial charge in [0.05, 0.1) is 0 Å². The fourth-order valence-electron chi connectivity index (χ4n) is 2.01. The van der Waals surface area contributed by atoms with E-state index in [2.05, 4.69) is 32.5 Å². The zero-order valence-corrected chi connectivity index (χ0v) is 17.2. The fraction of sp³-hybridized carbons (Fsp3) is 0.294. The number of hydrogen-bond donors (Lipinski definition) is 2. The molecule has 1 amide bonds. The van der Waals surface area contributed by atoms with Crippen molar-refractivity contribution in [3.63, 3.8) is 0 Å². The van der Waals surface area contributed by atoms with E-state index in [4.69, 9.17) is 0 Å². The van der Waals surface area contributed by atoms with Crippen LogP contribution in [0, 0.1) is 0 Å². The summed E-state index contributed by atoms with van der Waals surface area (Å²) in [7, 11) is 5.25. The highest BCUT2D eigenvalue weighted by molar-refractivity contribution is 14.0. The Morgan fingerprint density at radius 2 is 1.71 bits per heavy atom. The summed E-state index contributed by atoms with van der Waals surface area (Å²) in [6, 6.07) is 9.69. The lowest BCUT2D eigenvalue weighted by Gasteiger charge is -2.13. The molecule has 1 aromatic carbocycles. The summed E-state index contributed by atoms with van der Waals surface area (Å²) in [5.74, 6) is 0.766. The van der Waals surface area contributed by atoms with Gasteiger partial charge in [-0.15, -0.1) is 24.0 Å². The van der Waals surface area contributed by atoms with Gasteiger partial charge in [0.1, 0.15) is 0 Å². The maximum atomic E-state index is 11.8. The lowest BCUT2D eigenvalue weighted by Crippen LogP contribution is -2.36. The first-order valence-electron chi connectivity index (χ1n) is 7.36. The molecular formula is C17H23IN4OS. The van der Waals surface area contributed by atoms with Crippen molar-refractivity contribution >= 4 is 47.2 Å². The van der Waals surface area contributed by atoms with Crippen molar-refractivity contribution < 1.29 is 4.79 Å². The van der Waals surface area contributed by atoms with Gasteiger partial charge < -0.3 is 15.5 Å². The number of benzene rings is 1. The molecule has 0 aliphatic heterocycles. The van der Waals surface area contributed by atoms with Crippen LogP contribution in [0.2, 0.25) is 0 Å². The van der Waals surface area contributed by atoms with Gasteiger partial charge in [0.25, 0.3) is 5.91 Å². The van der Waals surface area contributed by atoms with Crippen LogP contribution < -0.4 is 10.6 Å². The summed E-state index contributed by atoms with van der Waals surface area (Å²) in [4.78, 5) is 17.6. The summed E-state index contributed by atoms with van der Waals surface area (Å²) in [5, 5.41) is 10.7. The predicted molar refractivity (Wildman–Crippen MR) is 111 cm³/mol. The van der Waals surface area contributed by atoms with E-state index in [0.29, 0.717) is 12.1 Å². The molecule has 1 heterocycles. The molecule has 0 spiro atoms. The number of guanidine groups is 1. The van der Waals surface area contributed by atoms with Crippen LogP contribution in [0.15, 0.2) is 46.1 Å². The Morgan fingerprint density at radius 3 is 2.21 bits per heavy atom. The van der Waals surface area contributed by atoms with Gasteiger partial charge in [-0.2, -0.15) is 11.3 Å². The van der Waals surface area contributed by atoms with E-state index in [1.807, 2.05) is 24.3 Å². The second-order valence-corrected chi connectivity index (χ2v) is 6.09. The molecule has 0 saturated carbocycles. The lowest BCUT2D eigenvalue weighted by atomic mass is 10.1. The molecule has 0 aliphatic carbocycles. The number of carbonyl (C=O) groups is 1. The van der Waals surface area contributed by atoms with Crippen LogP contribution in [-0.4, -0.2) is 37.9 Å². The number of carbonyl (C=O) groups excluding carboxylic acids is 1. The molecule has 2 rings (SSSR count). The topological polar surface area (TPSA) is 56.7 Å². The first kappa shape index (κ1) is 20.4. The summed E-state index contributed by atoms with van der Waals surface area (Å²) in [6.45, 7) is 1.40. The average Bonchev–Trinajstić information content (AvgIpc) is 3.08. The van der Waals surface area contributed by atoms with Crippen LogP contribution in [0.3, 0.4) is 0 Å². The van der Waals surface area contributed by atoms with Gasteiger partial charge in [-0.25, -0.2) is 0 Å². The highest BCUT2D eigenvalue weighted by Crippen LogP contribution is 2.07. The van der Waals surface area contributed by atoms with Crippen LogP contribution in [0.4, 0.5) is 0 Å². The Bertz CT molecular complexity index is 654. The van der Waals surface area contributed by atoms with Crippen LogP contribution in [0.1, 0.15) is 21.5 Å². The molecule has 0 radical (unpaired) electrons. The zero-order chi connectivity index (χ0) is 16.7. The van der Waals surface area contributed by atoms with Gasteiger partial charge >= 0.3 is 0 Å². The Kier molecular flexibility index (Phi) is 8.77. The van der Waals surface area contributed by atoms with Crippen molar-refractivity contribution in [3.8, 4) is 0 Å². The largest absolute Gasteiger partial charge is 0.352 e. The summed E-state index contributed by atoms with van der Waals surface area (Å²) >= 11 is 1.68. The van der Waals surface area contributed by atoms with Crippen molar-refractivity contribution in [1.29, 1.82) is 0 Å². The molecule has 2 aromatic rings. The van der Waals surface area contributed by atoms with E-state index >= 15 is 0 Å². The Morgan fingerprint density at radius 1 is 1.08 bits per heavy atom. The summed E-state index contributed by atoms with van der Waals surface area (Å²) in [6.07, 6.45) is 0. The van der Waals surface area contributed by atoms with Crippen molar-refractivity contribution in [2.24, 2.45) is 4.99 Å². The number of hydrogen-bond acceptors (Lipinski definition) is 3. The third-order valence-electron chi connectivity index (χ3n) is 3.33. The number of halogens is 1. The standard InChI is InChI=1S/C17H22N4OS.HI/c1-18-17(20-11-14-8-9-23-12-14)19-10-13-4-6-15(7-5-13)16(22)21(2)3;/h4-9,12H,10-11H2,1-3H3,(H2,18,19,20);1H. The molecule has 2 N–H and O–H groups in total. The Hall–Kier alpha value is -1.61. The molecule has 7 heteroatoms. The molecule has 130 valence electrons. The highest BCUT2D eigenvalue weighted by Gasteiger charge is 2.07. The van der Waals surface area contributed by atoms with Crippen molar-refractivity contribution in [2.45, 2.75) is 13.1 Å². The smallest absolute Gasteiger partial charge is 0.253 e. The monoisotopic (exact) mass is 458 g/mol. The molecule has 0 atom stereocenters. The number of nitrogens with one attached hydrogen (secondary N) is 2. The van der Waals surface area contributed by atoms with Gasteiger partial charge in [-0.3, -0.25) is 9.79 Å². The van der Waals surface area contributed by atoms with Gasteiger partial charge in [0.15, 0.2) is 5.96 Å². The lowest BCUT2D eigenvalue weighted by molar-refractivity contribution is 0.0827. The van der Waals surface area contributed by atoms with Crippen LogP contribution in [-0.2, 0) is 13.1 Å². The first-order chi connectivity index (χ1) is 11.1.